The molecule has 16 heavy (non-hydrogen) atoms. The van der Waals surface area contributed by atoms with Gasteiger partial charge in [-0.15, -0.1) is 0 Å². The van der Waals surface area contributed by atoms with Crippen molar-refractivity contribution in [2.45, 2.75) is 26.4 Å². The van der Waals surface area contributed by atoms with Crippen LogP contribution < -0.4 is 0 Å². The first-order valence-corrected chi connectivity index (χ1v) is 5.21. The van der Waals surface area contributed by atoms with Crippen molar-refractivity contribution in [2.75, 3.05) is 13.1 Å². The van der Waals surface area contributed by atoms with E-state index in [1.165, 1.54) is 0 Å². The Bertz CT molecular complexity index is 481. The van der Waals surface area contributed by atoms with E-state index in [9.17, 15) is 0 Å². The molecule has 1 saturated heterocycles. The van der Waals surface area contributed by atoms with Crippen molar-refractivity contribution >= 4 is 0 Å². The Labute approximate surface area is 95.0 Å². The number of allylic oxidation sites excluding steroid dienone is 2. The van der Waals surface area contributed by atoms with Crippen LogP contribution in [0.15, 0.2) is 22.6 Å². The fourth-order valence-electron chi connectivity index (χ4n) is 1.69. The van der Waals surface area contributed by atoms with Gasteiger partial charge in [-0.1, -0.05) is 0 Å². The van der Waals surface area contributed by atoms with Gasteiger partial charge in [0.15, 0.2) is 11.5 Å². The maximum Gasteiger partial charge on any atom is 0.172 e. The van der Waals surface area contributed by atoms with Crippen molar-refractivity contribution in [2.24, 2.45) is 0 Å². The summed E-state index contributed by atoms with van der Waals surface area (Å²) in [5.41, 5.74) is 1.40. The molecule has 0 N–H and O–H groups in total. The first-order valence-electron chi connectivity index (χ1n) is 5.21. The minimum absolute atomic E-state index is 0.449. The van der Waals surface area contributed by atoms with Crippen LogP contribution in [0.4, 0.5) is 0 Å². The summed E-state index contributed by atoms with van der Waals surface area (Å²) < 4.78 is 5.74. The summed E-state index contributed by atoms with van der Waals surface area (Å²) in [5.74, 6) is 0.449. The SMILES string of the molecule is CC1=C(C#N)C(=C(C#N)N2CC2)OC1(C)C. The minimum Gasteiger partial charge on any atom is -0.479 e. The second kappa shape index (κ2) is 3.28. The van der Waals surface area contributed by atoms with Gasteiger partial charge in [0.05, 0.1) is 5.57 Å². The molecule has 4 heteroatoms. The Morgan fingerprint density at radius 1 is 1.38 bits per heavy atom. The lowest BCUT2D eigenvalue weighted by Crippen LogP contribution is -2.20. The van der Waals surface area contributed by atoms with Gasteiger partial charge < -0.3 is 9.64 Å². The average Bonchev–Trinajstić information content (AvgIpc) is 2.99. The van der Waals surface area contributed by atoms with Crippen molar-refractivity contribution in [1.29, 1.82) is 10.5 Å². The van der Waals surface area contributed by atoms with Gasteiger partial charge in [-0.05, 0) is 26.3 Å². The normalized spacial score (nSPS) is 24.7. The summed E-state index contributed by atoms with van der Waals surface area (Å²) in [5, 5.41) is 18.2. The molecule has 0 unspecified atom stereocenters. The summed E-state index contributed by atoms with van der Waals surface area (Å²) in [6.45, 7) is 7.43. The number of hydrogen-bond donors (Lipinski definition) is 0. The molecule has 0 amide bonds. The molecule has 0 spiro atoms. The van der Waals surface area contributed by atoms with Crippen LogP contribution in [-0.4, -0.2) is 23.6 Å². The monoisotopic (exact) mass is 215 g/mol. The minimum atomic E-state index is -0.488. The van der Waals surface area contributed by atoms with Crippen LogP contribution in [0.3, 0.4) is 0 Å². The molecule has 1 fully saturated rings. The van der Waals surface area contributed by atoms with E-state index in [4.69, 9.17) is 15.3 Å². The highest BCUT2D eigenvalue weighted by atomic mass is 16.5. The number of ether oxygens (including phenoxy) is 1. The zero-order chi connectivity index (χ0) is 11.9. The Kier molecular flexibility index (Phi) is 2.17. The standard InChI is InChI=1S/C12H13N3O/c1-8-9(6-13)11(16-12(8,2)3)10(7-14)15-4-5-15/h4-5H2,1-3H3. The van der Waals surface area contributed by atoms with Crippen molar-refractivity contribution in [3.05, 3.63) is 22.6 Å². The highest BCUT2D eigenvalue weighted by Crippen LogP contribution is 2.40. The molecule has 0 aromatic carbocycles. The third-order valence-electron chi connectivity index (χ3n) is 3.06. The van der Waals surface area contributed by atoms with E-state index in [-0.39, 0.29) is 0 Å². The molecule has 0 aliphatic carbocycles. The summed E-state index contributed by atoms with van der Waals surface area (Å²) in [6.07, 6.45) is 0. The van der Waals surface area contributed by atoms with Crippen LogP contribution in [0.1, 0.15) is 20.8 Å². The molecule has 0 aromatic heterocycles. The lowest BCUT2D eigenvalue weighted by atomic mass is 9.97. The summed E-state index contributed by atoms with van der Waals surface area (Å²) in [4.78, 5) is 1.90. The van der Waals surface area contributed by atoms with Gasteiger partial charge in [-0.2, -0.15) is 10.5 Å². The highest BCUT2D eigenvalue weighted by Gasteiger charge is 2.39. The molecule has 0 aromatic rings. The zero-order valence-corrected chi connectivity index (χ0v) is 9.66. The third-order valence-corrected chi connectivity index (χ3v) is 3.06. The highest BCUT2D eigenvalue weighted by molar-refractivity contribution is 5.53. The summed E-state index contributed by atoms with van der Waals surface area (Å²) in [6, 6.07) is 4.26. The summed E-state index contributed by atoms with van der Waals surface area (Å²) in [7, 11) is 0. The Hall–Kier alpha value is -1.94. The van der Waals surface area contributed by atoms with Gasteiger partial charge >= 0.3 is 0 Å². The molecule has 0 radical (unpaired) electrons. The quantitative estimate of drug-likeness (QED) is 0.493. The molecule has 2 aliphatic heterocycles. The predicted octanol–water partition coefficient (Wildman–Crippen LogP) is 1.69. The van der Waals surface area contributed by atoms with E-state index in [1.54, 1.807) is 0 Å². The van der Waals surface area contributed by atoms with Crippen molar-refractivity contribution in [3.63, 3.8) is 0 Å². The number of nitrogens with zero attached hydrogens (tertiary/aromatic N) is 3. The topological polar surface area (TPSA) is 59.8 Å². The van der Waals surface area contributed by atoms with E-state index in [0.717, 1.165) is 18.7 Å². The first kappa shape index (κ1) is 10.6. The fourth-order valence-corrected chi connectivity index (χ4v) is 1.69. The molecule has 82 valence electrons. The van der Waals surface area contributed by atoms with E-state index >= 15 is 0 Å². The smallest absolute Gasteiger partial charge is 0.172 e. The number of rotatable bonds is 1. The van der Waals surface area contributed by atoms with Gasteiger partial charge in [-0.25, -0.2) is 0 Å². The Morgan fingerprint density at radius 3 is 2.44 bits per heavy atom. The van der Waals surface area contributed by atoms with Crippen LogP contribution in [0.25, 0.3) is 0 Å². The van der Waals surface area contributed by atoms with Gasteiger partial charge in [0.1, 0.15) is 17.7 Å². The van der Waals surface area contributed by atoms with Crippen LogP contribution in [0, 0.1) is 22.7 Å². The lowest BCUT2D eigenvalue weighted by molar-refractivity contribution is 0.0903. The van der Waals surface area contributed by atoms with Crippen LogP contribution >= 0.6 is 0 Å². The van der Waals surface area contributed by atoms with Gasteiger partial charge in [0.25, 0.3) is 0 Å². The molecule has 0 atom stereocenters. The van der Waals surface area contributed by atoms with Crippen molar-refractivity contribution in [1.82, 2.24) is 4.90 Å². The molecular weight excluding hydrogens is 202 g/mol. The zero-order valence-electron chi connectivity index (χ0n) is 9.66. The van der Waals surface area contributed by atoms with Crippen molar-refractivity contribution < 1.29 is 4.74 Å². The van der Waals surface area contributed by atoms with E-state index in [2.05, 4.69) is 12.1 Å². The molecule has 0 saturated carbocycles. The largest absolute Gasteiger partial charge is 0.479 e. The molecule has 4 nitrogen and oxygen atoms in total. The second-order valence-electron chi connectivity index (χ2n) is 4.50. The Morgan fingerprint density at radius 2 is 2.00 bits per heavy atom. The fraction of sp³-hybridized carbons (Fsp3) is 0.500. The van der Waals surface area contributed by atoms with E-state index < -0.39 is 5.60 Å². The summed E-state index contributed by atoms with van der Waals surface area (Å²) >= 11 is 0. The van der Waals surface area contributed by atoms with Gasteiger partial charge in [-0.3, -0.25) is 0 Å². The maximum atomic E-state index is 9.14. The number of hydrogen-bond acceptors (Lipinski definition) is 4. The van der Waals surface area contributed by atoms with Gasteiger partial charge in [0.2, 0.25) is 0 Å². The van der Waals surface area contributed by atoms with Crippen LogP contribution in [0.2, 0.25) is 0 Å². The van der Waals surface area contributed by atoms with Crippen molar-refractivity contribution in [3.8, 4) is 12.1 Å². The molecule has 2 rings (SSSR count). The molecular formula is C12H13N3O. The lowest BCUT2D eigenvalue weighted by Gasteiger charge is -2.20. The molecule has 2 aliphatic rings. The number of nitriles is 2. The average molecular weight is 215 g/mol. The third kappa shape index (κ3) is 1.44. The van der Waals surface area contributed by atoms with Gasteiger partial charge in [0, 0.05) is 13.1 Å². The van der Waals surface area contributed by atoms with Crippen LogP contribution in [-0.2, 0) is 4.74 Å². The van der Waals surface area contributed by atoms with E-state index in [0.29, 0.717) is 17.0 Å². The molecule has 2 heterocycles. The maximum absolute atomic E-state index is 9.14. The van der Waals surface area contributed by atoms with Crippen LogP contribution in [0.5, 0.6) is 0 Å². The molecule has 0 bridgehead atoms. The first-order chi connectivity index (χ1) is 7.51. The Balaban J connectivity index is 2.54. The predicted molar refractivity (Wildman–Crippen MR) is 57.7 cm³/mol. The van der Waals surface area contributed by atoms with E-state index in [1.807, 2.05) is 25.7 Å². The second-order valence-corrected chi connectivity index (χ2v) is 4.50.